The number of hydrogen-bond donors (Lipinski definition) is 2. The number of halogens is 1. The molecule has 144 valence electrons. The summed E-state index contributed by atoms with van der Waals surface area (Å²) in [5, 5.41) is 18.3. The fourth-order valence-electron chi connectivity index (χ4n) is 2.69. The van der Waals surface area contributed by atoms with Crippen molar-refractivity contribution in [2.24, 2.45) is 0 Å². The first kappa shape index (κ1) is 19.6. The molecule has 28 heavy (non-hydrogen) atoms. The van der Waals surface area contributed by atoms with Crippen molar-refractivity contribution in [3.05, 3.63) is 75.1 Å². The minimum Gasteiger partial charge on any atom is -0.334 e. The average molecular weight is 398 g/mol. The predicted molar refractivity (Wildman–Crippen MR) is 112 cm³/mol. The molecule has 0 radical (unpaired) electrons. The fraction of sp³-hybridized carbons (Fsp3) is 0.200. The van der Waals surface area contributed by atoms with Crippen LogP contribution >= 0.6 is 11.6 Å². The molecule has 0 aliphatic carbocycles. The fourth-order valence-corrected chi connectivity index (χ4v) is 2.87. The van der Waals surface area contributed by atoms with Gasteiger partial charge in [0.15, 0.2) is 0 Å². The van der Waals surface area contributed by atoms with Gasteiger partial charge in [0.2, 0.25) is 11.6 Å². The second kappa shape index (κ2) is 8.22. The van der Waals surface area contributed by atoms with Gasteiger partial charge in [0.05, 0.1) is 4.92 Å². The van der Waals surface area contributed by atoms with E-state index < -0.39 is 4.92 Å². The van der Waals surface area contributed by atoms with Crippen LogP contribution in [0.2, 0.25) is 5.02 Å². The standard InChI is InChI=1S/C20H20ClN5O2/c1-12(2)14-7-9-15(10-8-14)24-19-18(26(27)28)20(23-11-22-19)25-17-6-4-5-16(21)13(17)3/h4-12H,1-3H3,(H2,22,23,24,25). The number of benzene rings is 2. The molecule has 2 aromatic carbocycles. The Kier molecular flexibility index (Phi) is 5.75. The summed E-state index contributed by atoms with van der Waals surface area (Å²) in [5.74, 6) is 0.602. The van der Waals surface area contributed by atoms with Crippen molar-refractivity contribution in [2.45, 2.75) is 26.7 Å². The van der Waals surface area contributed by atoms with E-state index >= 15 is 0 Å². The summed E-state index contributed by atoms with van der Waals surface area (Å²) in [7, 11) is 0. The van der Waals surface area contributed by atoms with Crippen LogP contribution in [0.5, 0.6) is 0 Å². The van der Waals surface area contributed by atoms with Gasteiger partial charge in [0, 0.05) is 16.4 Å². The minimum absolute atomic E-state index is 0.0895. The van der Waals surface area contributed by atoms with E-state index in [1.807, 2.05) is 31.2 Å². The molecule has 3 rings (SSSR count). The molecule has 0 saturated carbocycles. The first-order valence-corrected chi connectivity index (χ1v) is 9.13. The number of nitro groups is 1. The van der Waals surface area contributed by atoms with E-state index in [0.717, 1.165) is 5.56 Å². The lowest BCUT2D eigenvalue weighted by Crippen LogP contribution is -2.06. The van der Waals surface area contributed by atoms with Crippen molar-refractivity contribution in [1.29, 1.82) is 0 Å². The van der Waals surface area contributed by atoms with Gasteiger partial charge in [-0.2, -0.15) is 0 Å². The summed E-state index contributed by atoms with van der Waals surface area (Å²) in [6, 6.07) is 13.0. The second-order valence-corrected chi connectivity index (χ2v) is 7.02. The molecule has 0 spiro atoms. The van der Waals surface area contributed by atoms with E-state index in [0.29, 0.717) is 22.3 Å². The molecule has 0 aliphatic rings. The lowest BCUT2D eigenvalue weighted by molar-refractivity contribution is -0.383. The molecule has 1 heterocycles. The highest BCUT2D eigenvalue weighted by Gasteiger charge is 2.24. The number of anilines is 4. The minimum atomic E-state index is -0.507. The van der Waals surface area contributed by atoms with Crippen molar-refractivity contribution in [3.63, 3.8) is 0 Å². The smallest absolute Gasteiger partial charge is 0.334 e. The van der Waals surface area contributed by atoms with Gasteiger partial charge in [-0.3, -0.25) is 10.1 Å². The van der Waals surface area contributed by atoms with E-state index in [4.69, 9.17) is 11.6 Å². The Morgan fingerprint density at radius 2 is 1.68 bits per heavy atom. The molecule has 0 unspecified atom stereocenters. The summed E-state index contributed by atoms with van der Waals surface area (Å²) in [5.41, 5.74) is 3.06. The van der Waals surface area contributed by atoms with Gasteiger partial charge in [-0.25, -0.2) is 9.97 Å². The van der Waals surface area contributed by atoms with Gasteiger partial charge >= 0.3 is 5.69 Å². The predicted octanol–water partition coefficient (Wildman–Crippen LogP) is 5.96. The highest BCUT2D eigenvalue weighted by molar-refractivity contribution is 6.31. The van der Waals surface area contributed by atoms with E-state index in [-0.39, 0.29) is 17.3 Å². The third-order valence-electron chi connectivity index (χ3n) is 4.37. The van der Waals surface area contributed by atoms with Gasteiger partial charge in [-0.1, -0.05) is 43.6 Å². The topological polar surface area (TPSA) is 93.0 Å². The Labute approximate surface area is 168 Å². The molecule has 8 heteroatoms. The normalized spacial score (nSPS) is 10.8. The number of rotatable bonds is 6. The molecule has 0 aliphatic heterocycles. The lowest BCUT2D eigenvalue weighted by Gasteiger charge is -2.12. The number of aromatic nitrogens is 2. The molecule has 0 fully saturated rings. The third-order valence-corrected chi connectivity index (χ3v) is 4.78. The molecule has 0 saturated heterocycles. The summed E-state index contributed by atoms with van der Waals surface area (Å²) >= 11 is 6.14. The number of nitrogens with zero attached hydrogens (tertiary/aromatic N) is 3. The second-order valence-electron chi connectivity index (χ2n) is 6.62. The first-order chi connectivity index (χ1) is 13.4. The molecular formula is C20H20ClN5O2. The van der Waals surface area contributed by atoms with E-state index in [1.165, 1.54) is 11.9 Å². The quantitative estimate of drug-likeness (QED) is 0.394. The maximum absolute atomic E-state index is 11.7. The van der Waals surface area contributed by atoms with Crippen molar-refractivity contribution in [3.8, 4) is 0 Å². The zero-order valence-corrected chi connectivity index (χ0v) is 16.5. The van der Waals surface area contributed by atoms with Crippen LogP contribution in [0, 0.1) is 17.0 Å². The van der Waals surface area contributed by atoms with Gasteiger partial charge in [0.1, 0.15) is 6.33 Å². The Balaban J connectivity index is 1.95. The van der Waals surface area contributed by atoms with Crippen LogP contribution in [-0.2, 0) is 0 Å². The summed E-state index contributed by atoms with van der Waals surface area (Å²) in [4.78, 5) is 19.4. The van der Waals surface area contributed by atoms with Crippen molar-refractivity contribution >= 4 is 40.3 Å². The monoisotopic (exact) mass is 397 g/mol. The van der Waals surface area contributed by atoms with Crippen LogP contribution in [0.3, 0.4) is 0 Å². The SMILES string of the molecule is Cc1c(Cl)cccc1Nc1ncnc(Nc2ccc(C(C)C)cc2)c1[N+](=O)[O-]. The molecule has 0 amide bonds. The van der Waals surface area contributed by atoms with E-state index in [1.54, 1.807) is 18.2 Å². The zero-order valence-electron chi connectivity index (χ0n) is 15.7. The van der Waals surface area contributed by atoms with Crippen LogP contribution in [0.15, 0.2) is 48.8 Å². The maximum Gasteiger partial charge on any atom is 0.353 e. The van der Waals surface area contributed by atoms with Crippen LogP contribution in [-0.4, -0.2) is 14.9 Å². The molecule has 0 atom stereocenters. The van der Waals surface area contributed by atoms with Gasteiger partial charge < -0.3 is 10.6 Å². The number of nitrogens with one attached hydrogen (secondary N) is 2. The molecule has 7 nitrogen and oxygen atoms in total. The highest BCUT2D eigenvalue weighted by Crippen LogP contribution is 2.34. The van der Waals surface area contributed by atoms with Gasteiger partial charge in [-0.15, -0.1) is 0 Å². The van der Waals surface area contributed by atoms with E-state index in [2.05, 4.69) is 34.4 Å². The lowest BCUT2D eigenvalue weighted by atomic mass is 10.0. The van der Waals surface area contributed by atoms with Crippen LogP contribution in [0.25, 0.3) is 0 Å². The Hall–Kier alpha value is -3.19. The van der Waals surface area contributed by atoms with Gasteiger partial charge in [-0.05, 0) is 48.2 Å². The van der Waals surface area contributed by atoms with E-state index in [9.17, 15) is 10.1 Å². The molecular weight excluding hydrogens is 378 g/mol. The molecule has 0 bridgehead atoms. The average Bonchev–Trinajstić information content (AvgIpc) is 2.66. The zero-order chi connectivity index (χ0) is 20.3. The molecule has 3 aromatic rings. The summed E-state index contributed by atoms with van der Waals surface area (Å²) in [6.45, 7) is 6.04. The molecule has 2 N–H and O–H groups in total. The van der Waals surface area contributed by atoms with Gasteiger partial charge in [0.25, 0.3) is 0 Å². The van der Waals surface area contributed by atoms with Crippen LogP contribution in [0.4, 0.5) is 28.7 Å². The Morgan fingerprint density at radius 3 is 2.29 bits per heavy atom. The van der Waals surface area contributed by atoms with Crippen LogP contribution < -0.4 is 10.6 Å². The highest BCUT2D eigenvalue weighted by atomic mass is 35.5. The maximum atomic E-state index is 11.7. The van der Waals surface area contributed by atoms with Crippen molar-refractivity contribution in [1.82, 2.24) is 9.97 Å². The first-order valence-electron chi connectivity index (χ1n) is 8.75. The Bertz CT molecular complexity index is 1010. The van der Waals surface area contributed by atoms with Crippen molar-refractivity contribution in [2.75, 3.05) is 10.6 Å². The summed E-state index contributed by atoms with van der Waals surface area (Å²) < 4.78 is 0. The number of hydrogen-bond acceptors (Lipinski definition) is 6. The summed E-state index contributed by atoms with van der Waals surface area (Å²) in [6.07, 6.45) is 1.28. The van der Waals surface area contributed by atoms with Crippen LogP contribution in [0.1, 0.15) is 30.9 Å². The Morgan fingerprint density at radius 1 is 1.04 bits per heavy atom. The largest absolute Gasteiger partial charge is 0.353 e. The third kappa shape index (κ3) is 4.20. The van der Waals surface area contributed by atoms with Crippen molar-refractivity contribution < 1.29 is 4.92 Å². The molecule has 1 aromatic heterocycles.